The summed E-state index contributed by atoms with van der Waals surface area (Å²) in [4.78, 5) is 15.2. The van der Waals surface area contributed by atoms with E-state index in [-0.39, 0.29) is 11.7 Å². The van der Waals surface area contributed by atoms with Gasteiger partial charge < -0.3 is 20.1 Å². The summed E-state index contributed by atoms with van der Waals surface area (Å²) >= 11 is 0. The van der Waals surface area contributed by atoms with Gasteiger partial charge >= 0.3 is 0 Å². The Bertz CT molecular complexity index is 791. The monoisotopic (exact) mass is 282 g/mol. The first-order valence-corrected chi connectivity index (χ1v) is 6.43. The number of aromatic nitrogens is 1. The molecule has 3 aromatic rings. The van der Waals surface area contributed by atoms with Crippen molar-refractivity contribution in [2.24, 2.45) is 0 Å². The fourth-order valence-corrected chi connectivity index (χ4v) is 2.10. The molecule has 3 rings (SSSR count). The van der Waals surface area contributed by atoms with Gasteiger partial charge in [-0.05, 0) is 48.5 Å². The number of amides is 1. The number of methoxy groups -OCH3 is 1. The Hall–Kier alpha value is -2.95. The van der Waals surface area contributed by atoms with Crippen molar-refractivity contribution in [3.8, 4) is 11.5 Å². The van der Waals surface area contributed by atoms with Crippen LogP contribution in [0.5, 0.6) is 11.5 Å². The maximum Gasteiger partial charge on any atom is 0.272 e. The van der Waals surface area contributed by atoms with E-state index in [2.05, 4.69) is 10.3 Å². The first kappa shape index (κ1) is 13.1. The van der Waals surface area contributed by atoms with E-state index < -0.39 is 0 Å². The van der Waals surface area contributed by atoms with Gasteiger partial charge in [0.05, 0.1) is 7.11 Å². The molecule has 0 unspecified atom stereocenters. The lowest BCUT2D eigenvalue weighted by atomic mass is 10.2. The number of H-pyrrole nitrogens is 1. The third-order valence-corrected chi connectivity index (χ3v) is 3.20. The summed E-state index contributed by atoms with van der Waals surface area (Å²) in [6, 6.07) is 13.7. The van der Waals surface area contributed by atoms with E-state index >= 15 is 0 Å². The first-order chi connectivity index (χ1) is 10.2. The van der Waals surface area contributed by atoms with Gasteiger partial charge in [-0.25, -0.2) is 0 Å². The molecule has 0 saturated carbocycles. The summed E-state index contributed by atoms with van der Waals surface area (Å²) in [5.41, 5.74) is 1.95. The van der Waals surface area contributed by atoms with E-state index in [0.717, 1.165) is 16.7 Å². The van der Waals surface area contributed by atoms with Crippen LogP contribution >= 0.6 is 0 Å². The van der Waals surface area contributed by atoms with E-state index in [1.165, 1.54) is 12.1 Å². The molecule has 0 atom stereocenters. The Balaban J connectivity index is 1.85. The molecule has 0 aliphatic carbocycles. The van der Waals surface area contributed by atoms with Gasteiger partial charge in [-0.3, -0.25) is 4.79 Å². The number of hydrogen-bond acceptors (Lipinski definition) is 3. The van der Waals surface area contributed by atoms with Crippen molar-refractivity contribution in [2.75, 3.05) is 12.4 Å². The summed E-state index contributed by atoms with van der Waals surface area (Å²) < 4.78 is 5.16. The molecule has 1 heterocycles. The number of phenolic OH excluding ortho intramolecular Hbond substituents is 1. The molecule has 2 aromatic carbocycles. The van der Waals surface area contributed by atoms with Gasteiger partial charge in [0, 0.05) is 16.6 Å². The van der Waals surface area contributed by atoms with Crippen LogP contribution in [0.3, 0.4) is 0 Å². The average Bonchev–Trinajstić information content (AvgIpc) is 2.92. The Kier molecular flexibility index (Phi) is 3.23. The number of rotatable bonds is 3. The highest BCUT2D eigenvalue weighted by Crippen LogP contribution is 2.22. The number of carbonyl (C=O) groups is 1. The maximum absolute atomic E-state index is 12.2. The van der Waals surface area contributed by atoms with Crippen LogP contribution in [0.2, 0.25) is 0 Å². The van der Waals surface area contributed by atoms with Gasteiger partial charge in [0.2, 0.25) is 0 Å². The SMILES string of the molecule is COc1ccc2[nH]c(C(=O)Nc3ccc(O)cc3)cc2c1. The van der Waals surface area contributed by atoms with Gasteiger partial charge in [-0.15, -0.1) is 0 Å². The molecule has 1 amide bonds. The number of nitrogens with one attached hydrogen (secondary N) is 2. The number of aromatic amines is 1. The lowest BCUT2D eigenvalue weighted by Crippen LogP contribution is -2.11. The predicted octanol–water partition coefficient (Wildman–Crippen LogP) is 3.13. The van der Waals surface area contributed by atoms with E-state index in [1.54, 1.807) is 25.3 Å². The smallest absolute Gasteiger partial charge is 0.272 e. The van der Waals surface area contributed by atoms with Crippen LogP contribution in [0.4, 0.5) is 5.69 Å². The number of ether oxygens (including phenoxy) is 1. The maximum atomic E-state index is 12.2. The van der Waals surface area contributed by atoms with Crippen LogP contribution in [-0.4, -0.2) is 23.1 Å². The Labute approximate surface area is 121 Å². The van der Waals surface area contributed by atoms with Gasteiger partial charge in [0.25, 0.3) is 5.91 Å². The van der Waals surface area contributed by atoms with E-state index in [9.17, 15) is 9.90 Å². The zero-order chi connectivity index (χ0) is 14.8. The molecular weight excluding hydrogens is 268 g/mol. The second-order valence-electron chi connectivity index (χ2n) is 4.64. The molecule has 0 radical (unpaired) electrons. The highest BCUT2D eigenvalue weighted by Gasteiger charge is 2.10. The molecule has 5 nitrogen and oxygen atoms in total. The Morgan fingerprint density at radius 2 is 1.90 bits per heavy atom. The summed E-state index contributed by atoms with van der Waals surface area (Å²) in [7, 11) is 1.60. The lowest BCUT2D eigenvalue weighted by molar-refractivity contribution is 0.102. The second-order valence-corrected chi connectivity index (χ2v) is 4.64. The highest BCUT2D eigenvalue weighted by molar-refractivity contribution is 6.06. The molecule has 0 fully saturated rings. The fourth-order valence-electron chi connectivity index (χ4n) is 2.10. The predicted molar refractivity (Wildman–Crippen MR) is 80.9 cm³/mol. The van der Waals surface area contributed by atoms with Crippen molar-refractivity contribution in [2.45, 2.75) is 0 Å². The van der Waals surface area contributed by atoms with Crippen molar-refractivity contribution in [3.63, 3.8) is 0 Å². The Morgan fingerprint density at radius 3 is 2.62 bits per heavy atom. The van der Waals surface area contributed by atoms with Crippen LogP contribution in [0, 0.1) is 0 Å². The van der Waals surface area contributed by atoms with Gasteiger partial charge in [0.1, 0.15) is 17.2 Å². The minimum atomic E-state index is -0.240. The zero-order valence-electron chi connectivity index (χ0n) is 11.4. The van der Waals surface area contributed by atoms with Gasteiger partial charge in [-0.2, -0.15) is 0 Å². The highest BCUT2D eigenvalue weighted by atomic mass is 16.5. The second kappa shape index (κ2) is 5.20. The Morgan fingerprint density at radius 1 is 1.14 bits per heavy atom. The molecule has 21 heavy (non-hydrogen) atoms. The molecule has 0 spiro atoms. The van der Waals surface area contributed by atoms with Crippen LogP contribution in [0.1, 0.15) is 10.5 Å². The number of phenols is 1. The molecule has 3 N–H and O–H groups in total. The van der Waals surface area contributed by atoms with Crippen molar-refractivity contribution in [1.82, 2.24) is 4.98 Å². The topological polar surface area (TPSA) is 74.4 Å². The minimum absolute atomic E-state index is 0.158. The number of benzene rings is 2. The third kappa shape index (κ3) is 2.67. The standard InChI is InChI=1S/C16H14N2O3/c1-21-13-6-7-14-10(8-13)9-15(18-14)16(20)17-11-2-4-12(19)5-3-11/h2-9,18-19H,1H3,(H,17,20). The van der Waals surface area contributed by atoms with E-state index in [4.69, 9.17) is 4.74 Å². The number of hydrogen-bond donors (Lipinski definition) is 3. The quantitative estimate of drug-likeness (QED) is 0.646. The van der Waals surface area contributed by atoms with E-state index in [1.807, 2.05) is 18.2 Å². The van der Waals surface area contributed by atoms with E-state index in [0.29, 0.717) is 11.4 Å². The third-order valence-electron chi connectivity index (χ3n) is 3.20. The van der Waals surface area contributed by atoms with Crippen molar-refractivity contribution in [3.05, 3.63) is 54.2 Å². The summed E-state index contributed by atoms with van der Waals surface area (Å²) in [6.45, 7) is 0. The number of carbonyl (C=O) groups excluding carboxylic acids is 1. The number of aromatic hydroxyl groups is 1. The summed E-state index contributed by atoms with van der Waals surface area (Å²) in [5.74, 6) is 0.661. The van der Waals surface area contributed by atoms with Crippen LogP contribution < -0.4 is 10.1 Å². The average molecular weight is 282 g/mol. The van der Waals surface area contributed by atoms with Crippen molar-refractivity contribution < 1.29 is 14.6 Å². The largest absolute Gasteiger partial charge is 0.508 e. The number of fused-ring (bicyclic) bond motifs is 1. The lowest BCUT2D eigenvalue weighted by Gasteiger charge is -2.03. The molecule has 0 aliphatic heterocycles. The van der Waals surface area contributed by atoms with Crippen molar-refractivity contribution >= 4 is 22.5 Å². The minimum Gasteiger partial charge on any atom is -0.508 e. The normalized spacial score (nSPS) is 10.5. The van der Waals surface area contributed by atoms with Crippen LogP contribution in [0.25, 0.3) is 10.9 Å². The zero-order valence-corrected chi connectivity index (χ0v) is 11.4. The summed E-state index contributed by atoms with van der Waals surface area (Å²) in [5, 5.41) is 12.9. The molecule has 0 saturated heterocycles. The van der Waals surface area contributed by atoms with Crippen LogP contribution in [0.15, 0.2) is 48.5 Å². The van der Waals surface area contributed by atoms with Crippen LogP contribution in [-0.2, 0) is 0 Å². The molecule has 0 bridgehead atoms. The van der Waals surface area contributed by atoms with Crippen molar-refractivity contribution in [1.29, 1.82) is 0 Å². The molecule has 1 aromatic heterocycles. The fraction of sp³-hybridized carbons (Fsp3) is 0.0625. The first-order valence-electron chi connectivity index (χ1n) is 6.43. The number of anilines is 1. The van der Waals surface area contributed by atoms with Gasteiger partial charge in [0.15, 0.2) is 0 Å². The molecule has 5 heteroatoms. The van der Waals surface area contributed by atoms with Gasteiger partial charge in [-0.1, -0.05) is 0 Å². The molecule has 0 aliphatic rings. The summed E-state index contributed by atoms with van der Waals surface area (Å²) in [6.07, 6.45) is 0. The molecular formula is C16H14N2O3. The molecule has 106 valence electrons.